The first-order valence-corrected chi connectivity index (χ1v) is 10.9. The molecule has 0 amide bonds. The predicted molar refractivity (Wildman–Crippen MR) is 117 cm³/mol. The van der Waals surface area contributed by atoms with E-state index in [-0.39, 0.29) is 11.5 Å². The molecule has 1 aromatic rings. The summed E-state index contributed by atoms with van der Waals surface area (Å²) in [6.07, 6.45) is 8.01. The summed E-state index contributed by atoms with van der Waals surface area (Å²) in [5, 5.41) is 29.8. The first kappa shape index (κ1) is 25.8. The van der Waals surface area contributed by atoms with Crippen LogP contribution in [0.2, 0.25) is 0 Å². The molecule has 1 aromatic carbocycles. The fraction of sp³-hybridized carbons (Fsp3) is 0.667. The lowest BCUT2D eigenvalue weighted by Gasteiger charge is -2.22. The highest BCUT2D eigenvalue weighted by atomic mass is 16.5. The lowest BCUT2D eigenvalue weighted by molar-refractivity contribution is -0.147. The number of benzene rings is 1. The Hall–Kier alpha value is -2.24. The number of carboxylic acids is 1. The van der Waals surface area contributed by atoms with Gasteiger partial charge in [0.1, 0.15) is 17.1 Å². The van der Waals surface area contributed by atoms with Crippen LogP contribution in [0, 0.1) is 5.41 Å². The average Bonchev–Trinajstić information content (AvgIpc) is 2.64. The van der Waals surface area contributed by atoms with Crippen LogP contribution in [0.5, 0.6) is 11.5 Å². The number of unbranched alkanes of at least 4 members (excludes halogenated alkanes) is 4. The summed E-state index contributed by atoms with van der Waals surface area (Å²) in [5.41, 5.74) is 0.309. The lowest BCUT2D eigenvalue weighted by Crippen LogP contribution is -2.23. The highest BCUT2D eigenvalue weighted by molar-refractivity contribution is 5.73. The Balaban J connectivity index is 2.46. The minimum atomic E-state index is -0.764. The van der Waals surface area contributed by atoms with Crippen molar-refractivity contribution in [1.29, 1.82) is 0 Å². The zero-order valence-corrected chi connectivity index (χ0v) is 18.9. The summed E-state index contributed by atoms with van der Waals surface area (Å²) >= 11 is 0. The number of hydrogen-bond donors (Lipinski definition) is 3. The number of aliphatic carboxylic acids is 1. The smallest absolute Gasteiger partial charge is 0.309 e. The van der Waals surface area contributed by atoms with E-state index in [0.717, 1.165) is 56.1 Å². The van der Waals surface area contributed by atoms with E-state index in [1.54, 1.807) is 26.0 Å². The molecule has 170 valence electrons. The molecule has 6 heteroatoms. The van der Waals surface area contributed by atoms with Crippen LogP contribution in [0.3, 0.4) is 0 Å². The number of ether oxygens (including phenoxy) is 1. The van der Waals surface area contributed by atoms with Crippen LogP contribution < -0.4 is 0 Å². The molecule has 0 saturated heterocycles. The molecule has 0 atom stereocenters. The van der Waals surface area contributed by atoms with Gasteiger partial charge < -0.3 is 20.1 Å². The summed E-state index contributed by atoms with van der Waals surface area (Å²) in [6, 6.07) is 3.23. The fourth-order valence-electron chi connectivity index (χ4n) is 3.52. The number of carbonyl (C=O) groups is 2. The molecule has 0 unspecified atom stereocenters. The minimum absolute atomic E-state index is 0.158. The van der Waals surface area contributed by atoms with Crippen LogP contribution in [0.15, 0.2) is 12.1 Å². The molecule has 0 aliphatic carbocycles. The highest BCUT2D eigenvalue weighted by Gasteiger charge is 2.26. The van der Waals surface area contributed by atoms with E-state index in [9.17, 15) is 19.8 Å². The first-order chi connectivity index (χ1) is 14.0. The molecule has 0 aromatic heterocycles. The Morgan fingerprint density at radius 2 is 1.40 bits per heavy atom. The zero-order chi connectivity index (χ0) is 22.8. The second kappa shape index (κ2) is 11.8. The maximum atomic E-state index is 11.1. The highest BCUT2D eigenvalue weighted by Crippen LogP contribution is 2.31. The van der Waals surface area contributed by atoms with Crippen molar-refractivity contribution in [3.05, 3.63) is 23.3 Å². The Kier molecular flexibility index (Phi) is 10.2. The lowest BCUT2D eigenvalue weighted by atomic mass is 9.87. The van der Waals surface area contributed by atoms with Crippen molar-refractivity contribution >= 4 is 12.4 Å². The van der Waals surface area contributed by atoms with Gasteiger partial charge in [-0.1, -0.05) is 19.3 Å². The van der Waals surface area contributed by atoms with Crippen molar-refractivity contribution in [3.8, 4) is 11.5 Å². The molecule has 0 aliphatic rings. The van der Waals surface area contributed by atoms with Crippen molar-refractivity contribution in [3.63, 3.8) is 0 Å². The standard InChI is InChI=1S/C24H38O6/c1-23(2,22(28)29)13-9-6-5-7-11-18-15-20(26)16-19(21(18)27)12-8-10-14-24(3,4)30-17-25/h15-17,26-27H,5-14H2,1-4H3,(H,28,29). The second-order valence-corrected chi connectivity index (χ2v) is 9.40. The van der Waals surface area contributed by atoms with Gasteiger partial charge in [-0.05, 0) is 95.9 Å². The number of phenolic OH excluding ortho intramolecular Hbond substituents is 2. The van der Waals surface area contributed by atoms with E-state index >= 15 is 0 Å². The number of rotatable bonds is 15. The summed E-state index contributed by atoms with van der Waals surface area (Å²) in [6.45, 7) is 7.71. The molecule has 0 bridgehead atoms. The van der Waals surface area contributed by atoms with Gasteiger partial charge in [0.25, 0.3) is 6.47 Å². The molecular weight excluding hydrogens is 384 g/mol. The molecule has 1 rings (SSSR count). The number of aryl methyl sites for hydroxylation is 2. The minimum Gasteiger partial charge on any atom is -0.508 e. The van der Waals surface area contributed by atoms with Gasteiger partial charge in [0.15, 0.2) is 0 Å². The zero-order valence-electron chi connectivity index (χ0n) is 18.9. The van der Waals surface area contributed by atoms with E-state index < -0.39 is 17.0 Å². The number of hydrogen-bond acceptors (Lipinski definition) is 5. The number of carbonyl (C=O) groups excluding carboxylic acids is 1. The maximum absolute atomic E-state index is 11.1. The summed E-state index contributed by atoms with van der Waals surface area (Å²) in [7, 11) is 0. The summed E-state index contributed by atoms with van der Waals surface area (Å²) < 4.78 is 5.05. The quantitative estimate of drug-likeness (QED) is 0.199. The second-order valence-electron chi connectivity index (χ2n) is 9.40. The van der Waals surface area contributed by atoms with Crippen LogP contribution in [0.4, 0.5) is 0 Å². The van der Waals surface area contributed by atoms with Crippen LogP contribution in [0.25, 0.3) is 0 Å². The number of phenols is 2. The van der Waals surface area contributed by atoms with Gasteiger partial charge in [0.05, 0.1) is 5.41 Å². The normalized spacial score (nSPS) is 12.0. The Bertz CT molecular complexity index is 693. The third-order valence-corrected chi connectivity index (χ3v) is 5.67. The van der Waals surface area contributed by atoms with E-state index in [1.807, 2.05) is 13.8 Å². The van der Waals surface area contributed by atoms with Crippen LogP contribution in [0.1, 0.15) is 90.2 Å². The number of aromatic hydroxyl groups is 2. The average molecular weight is 423 g/mol. The van der Waals surface area contributed by atoms with Gasteiger partial charge in [0.2, 0.25) is 0 Å². The monoisotopic (exact) mass is 422 g/mol. The van der Waals surface area contributed by atoms with Gasteiger partial charge in [0, 0.05) is 0 Å². The third kappa shape index (κ3) is 9.06. The Morgan fingerprint density at radius 3 is 1.93 bits per heavy atom. The van der Waals surface area contributed by atoms with Crippen molar-refractivity contribution in [2.45, 2.75) is 97.5 Å². The third-order valence-electron chi connectivity index (χ3n) is 5.67. The van der Waals surface area contributed by atoms with Crippen LogP contribution >= 0.6 is 0 Å². The van der Waals surface area contributed by atoms with Crippen LogP contribution in [-0.2, 0) is 27.2 Å². The van der Waals surface area contributed by atoms with Gasteiger partial charge in [-0.25, -0.2) is 0 Å². The molecule has 6 nitrogen and oxygen atoms in total. The molecule has 0 fully saturated rings. The molecule has 0 heterocycles. The summed E-state index contributed by atoms with van der Waals surface area (Å²) in [4.78, 5) is 21.6. The van der Waals surface area contributed by atoms with Gasteiger partial charge in [-0.15, -0.1) is 0 Å². The Labute approximate surface area is 180 Å². The van der Waals surface area contributed by atoms with Crippen molar-refractivity contribution in [1.82, 2.24) is 0 Å². The molecule has 30 heavy (non-hydrogen) atoms. The van der Waals surface area contributed by atoms with Crippen molar-refractivity contribution in [2.24, 2.45) is 5.41 Å². The molecule has 0 spiro atoms. The van der Waals surface area contributed by atoms with E-state index in [1.165, 1.54) is 0 Å². The van der Waals surface area contributed by atoms with Crippen LogP contribution in [-0.4, -0.2) is 33.4 Å². The topological polar surface area (TPSA) is 104 Å². The van der Waals surface area contributed by atoms with E-state index in [0.29, 0.717) is 25.7 Å². The van der Waals surface area contributed by atoms with Gasteiger partial charge >= 0.3 is 5.97 Å². The predicted octanol–water partition coefficient (Wildman–Crippen LogP) is 5.37. The molecule has 0 radical (unpaired) electrons. The molecule has 0 aliphatic heterocycles. The molecular formula is C24H38O6. The number of carboxylic acid groups (broad SMARTS) is 1. The fourth-order valence-corrected chi connectivity index (χ4v) is 3.52. The largest absolute Gasteiger partial charge is 0.508 e. The van der Waals surface area contributed by atoms with Gasteiger partial charge in [-0.3, -0.25) is 9.59 Å². The SMILES string of the molecule is CC(C)(CCCCc1cc(O)cc(CCCCCCC(C)(C)C(=O)O)c1O)OC=O. The van der Waals surface area contributed by atoms with E-state index in [2.05, 4.69) is 0 Å². The Morgan fingerprint density at radius 1 is 0.900 bits per heavy atom. The molecule has 3 N–H and O–H groups in total. The van der Waals surface area contributed by atoms with Crippen molar-refractivity contribution in [2.75, 3.05) is 0 Å². The maximum Gasteiger partial charge on any atom is 0.309 e. The van der Waals surface area contributed by atoms with E-state index in [4.69, 9.17) is 9.84 Å². The first-order valence-electron chi connectivity index (χ1n) is 10.9. The van der Waals surface area contributed by atoms with Crippen molar-refractivity contribution < 1.29 is 29.6 Å². The molecule has 0 saturated carbocycles. The van der Waals surface area contributed by atoms with Gasteiger partial charge in [-0.2, -0.15) is 0 Å². The summed E-state index contributed by atoms with van der Waals surface area (Å²) in [5.74, 6) is -0.353.